The van der Waals surface area contributed by atoms with Crippen molar-refractivity contribution in [3.8, 4) is 0 Å². The molecule has 0 bridgehead atoms. The molecule has 0 atom stereocenters. The maximum Gasteiger partial charge on any atom is 0.228 e. The van der Waals surface area contributed by atoms with Gasteiger partial charge in [-0.1, -0.05) is 44.0 Å². The van der Waals surface area contributed by atoms with Gasteiger partial charge >= 0.3 is 0 Å². The van der Waals surface area contributed by atoms with Crippen LogP contribution >= 0.6 is 11.6 Å². The fraction of sp³-hybridized carbons (Fsp3) is 0.444. The van der Waals surface area contributed by atoms with Gasteiger partial charge in [-0.2, -0.15) is 0 Å². The normalized spacial score (nSPS) is 15.1. The summed E-state index contributed by atoms with van der Waals surface area (Å²) >= 11 is 6.26. The van der Waals surface area contributed by atoms with Crippen molar-refractivity contribution in [2.45, 2.75) is 39.5 Å². The van der Waals surface area contributed by atoms with E-state index >= 15 is 0 Å². The zero-order valence-electron chi connectivity index (χ0n) is 13.0. The van der Waals surface area contributed by atoms with Gasteiger partial charge in [0.15, 0.2) is 5.82 Å². The summed E-state index contributed by atoms with van der Waals surface area (Å²) in [5.74, 6) is 1.24. The van der Waals surface area contributed by atoms with Crippen LogP contribution in [0.1, 0.15) is 38.7 Å². The van der Waals surface area contributed by atoms with Crippen molar-refractivity contribution in [2.24, 2.45) is 11.8 Å². The van der Waals surface area contributed by atoms with Crippen molar-refractivity contribution in [3.05, 3.63) is 34.9 Å². The number of nitrogens with one attached hydrogen (secondary N) is 1. The largest absolute Gasteiger partial charge is 0.309 e. The summed E-state index contributed by atoms with van der Waals surface area (Å²) in [7, 11) is 0. The Balaban J connectivity index is 1.89. The van der Waals surface area contributed by atoms with Crippen molar-refractivity contribution in [1.29, 1.82) is 0 Å². The van der Waals surface area contributed by atoms with Gasteiger partial charge < -0.3 is 5.32 Å². The number of halogens is 1. The van der Waals surface area contributed by atoms with Crippen molar-refractivity contribution in [3.63, 3.8) is 0 Å². The second kappa shape index (κ2) is 6.25. The molecule has 4 heteroatoms. The number of carbonyl (C=O) groups excluding carboxylic acids is 1. The van der Waals surface area contributed by atoms with Gasteiger partial charge in [0.2, 0.25) is 5.91 Å². The quantitative estimate of drug-likeness (QED) is 0.878. The number of carbonyl (C=O) groups is 1. The van der Waals surface area contributed by atoms with E-state index in [9.17, 15) is 4.79 Å². The molecular formula is C18H21ClN2O. The molecule has 2 aromatic rings. The average molecular weight is 317 g/mol. The number of hydrogen-bond acceptors (Lipinski definition) is 2. The highest BCUT2D eigenvalue weighted by Crippen LogP contribution is 2.30. The summed E-state index contributed by atoms with van der Waals surface area (Å²) < 4.78 is 0. The van der Waals surface area contributed by atoms with E-state index in [1.165, 1.54) is 5.56 Å². The van der Waals surface area contributed by atoms with Crippen molar-refractivity contribution in [2.75, 3.05) is 5.32 Å². The van der Waals surface area contributed by atoms with Crippen LogP contribution in [-0.4, -0.2) is 10.9 Å². The molecule has 1 amide bonds. The van der Waals surface area contributed by atoms with E-state index in [1.54, 1.807) is 0 Å². The molecule has 1 aromatic carbocycles. The van der Waals surface area contributed by atoms with Crippen molar-refractivity contribution < 1.29 is 4.79 Å². The van der Waals surface area contributed by atoms with Gasteiger partial charge in [0, 0.05) is 11.3 Å². The average Bonchev–Trinajstić information content (AvgIpc) is 2.37. The summed E-state index contributed by atoms with van der Waals surface area (Å²) in [6, 6.07) is 8.13. The number of pyridine rings is 1. The third-order valence-electron chi connectivity index (χ3n) is 4.20. The second-order valence-corrected chi connectivity index (χ2v) is 6.97. The SMILES string of the molecule is CC(C)Cc1ccc2cc(Cl)c(NC(=O)C3CCC3)nc2c1. The van der Waals surface area contributed by atoms with Gasteiger partial charge in [-0.05, 0) is 42.9 Å². The maximum atomic E-state index is 12.1. The molecule has 1 N–H and O–H groups in total. The van der Waals surface area contributed by atoms with E-state index < -0.39 is 0 Å². The van der Waals surface area contributed by atoms with Crippen LogP contribution in [0.3, 0.4) is 0 Å². The van der Waals surface area contributed by atoms with E-state index in [4.69, 9.17) is 11.6 Å². The van der Waals surface area contributed by atoms with Gasteiger partial charge in [0.05, 0.1) is 10.5 Å². The minimum atomic E-state index is 0.0401. The summed E-state index contributed by atoms with van der Waals surface area (Å²) in [6.07, 6.45) is 4.09. The van der Waals surface area contributed by atoms with Gasteiger partial charge in [0.25, 0.3) is 0 Å². The van der Waals surface area contributed by atoms with Crippen molar-refractivity contribution >= 4 is 34.2 Å². The first kappa shape index (κ1) is 15.3. The van der Waals surface area contributed by atoms with Crippen LogP contribution < -0.4 is 5.32 Å². The predicted octanol–water partition coefficient (Wildman–Crippen LogP) is 4.83. The molecule has 3 rings (SSSR count). The molecule has 1 aliphatic rings. The molecule has 0 spiro atoms. The lowest BCUT2D eigenvalue weighted by Gasteiger charge is -2.24. The summed E-state index contributed by atoms with van der Waals surface area (Å²) in [6.45, 7) is 4.40. The first-order valence-electron chi connectivity index (χ1n) is 7.93. The minimum Gasteiger partial charge on any atom is -0.309 e. The number of hydrogen-bond donors (Lipinski definition) is 1. The number of benzene rings is 1. The van der Waals surface area contributed by atoms with Crippen molar-refractivity contribution in [1.82, 2.24) is 4.98 Å². The third-order valence-corrected chi connectivity index (χ3v) is 4.49. The Hall–Kier alpha value is -1.61. The molecule has 0 unspecified atom stereocenters. The molecule has 0 saturated heterocycles. The lowest BCUT2D eigenvalue weighted by atomic mass is 9.85. The van der Waals surface area contributed by atoms with E-state index in [0.717, 1.165) is 36.6 Å². The number of nitrogens with zero attached hydrogens (tertiary/aromatic N) is 1. The Kier molecular flexibility index (Phi) is 4.34. The number of amides is 1. The molecule has 0 radical (unpaired) electrons. The van der Waals surface area contributed by atoms with Gasteiger partial charge in [-0.3, -0.25) is 4.79 Å². The minimum absolute atomic E-state index is 0.0401. The topological polar surface area (TPSA) is 42.0 Å². The summed E-state index contributed by atoms with van der Waals surface area (Å²) in [4.78, 5) is 16.6. The molecular weight excluding hydrogens is 296 g/mol. The van der Waals surface area contributed by atoms with Gasteiger partial charge in [-0.15, -0.1) is 0 Å². The predicted molar refractivity (Wildman–Crippen MR) is 91.3 cm³/mol. The lowest BCUT2D eigenvalue weighted by Crippen LogP contribution is -2.28. The first-order valence-corrected chi connectivity index (χ1v) is 8.31. The van der Waals surface area contributed by atoms with Crippen LogP contribution in [0.25, 0.3) is 10.9 Å². The molecule has 1 aromatic heterocycles. The molecule has 22 heavy (non-hydrogen) atoms. The molecule has 3 nitrogen and oxygen atoms in total. The Morgan fingerprint density at radius 2 is 2.14 bits per heavy atom. The molecule has 0 aliphatic heterocycles. The second-order valence-electron chi connectivity index (χ2n) is 6.56. The van der Waals surface area contributed by atoms with E-state index in [1.807, 2.05) is 12.1 Å². The zero-order valence-corrected chi connectivity index (χ0v) is 13.8. The zero-order chi connectivity index (χ0) is 15.7. The molecule has 1 fully saturated rings. The van der Waals surface area contributed by atoms with Crippen LogP contribution in [0, 0.1) is 11.8 Å². The molecule has 116 valence electrons. The lowest BCUT2D eigenvalue weighted by molar-refractivity contribution is -0.122. The Morgan fingerprint density at radius 3 is 2.77 bits per heavy atom. The van der Waals surface area contributed by atoms with Crippen LogP contribution in [0.2, 0.25) is 5.02 Å². The van der Waals surface area contributed by atoms with E-state index in [0.29, 0.717) is 16.8 Å². The highest BCUT2D eigenvalue weighted by molar-refractivity contribution is 6.34. The Bertz CT molecular complexity index is 708. The summed E-state index contributed by atoms with van der Waals surface area (Å²) in [5, 5.41) is 4.38. The molecule has 1 saturated carbocycles. The number of fused-ring (bicyclic) bond motifs is 1. The number of aromatic nitrogens is 1. The monoisotopic (exact) mass is 316 g/mol. The van der Waals surface area contributed by atoms with Gasteiger partial charge in [-0.25, -0.2) is 4.98 Å². The Labute approximate surface area is 136 Å². The van der Waals surface area contributed by atoms with E-state index in [2.05, 4.69) is 36.3 Å². The molecule has 1 heterocycles. The standard InChI is InChI=1S/C18H21ClN2O/c1-11(2)8-12-6-7-14-10-15(19)17(20-16(14)9-12)21-18(22)13-4-3-5-13/h6-7,9-11,13H,3-5,8H2,1-2H3,(H,20,21,22). The summed E-state index contributed by atoms with van der Waals surface area (Å²) in [5.41, 5.74) is 2.14. The number of rotatable bonds is 4. The number of anilines is 1. The fourth-order valence-electron chi connectivity index (χ4n) is 2.76. The van der Waals surface area contributed by atoms with Crippen LogP contribution in [0.5, 0.6) is 0 Å². The van der Waals surface area contributed by atoms with Crippen LogP contribution in [0.4, 0.5) is 5.82 Å². The van der Waals surface area contributed by atoms with Crippen LogP contribution in [0.15, 0.2) is 24.3 Å². The smallest absolute Gasteiger partial charge is 0.228 e. The highest BCUT2D eigenvalue weighted by atomic mass is 35.5. The van der Waals surface area contributed by atoms with Crippen LogP contribution in [-0.2, 0) is 11.2 Å². The maximum absolute atomic E-state index is 12.1. The third kappa shape index (κ3) is 3.25. The highest BCUT2D eigenvalue weighted by Gasteiger charge is 2.26. The first-order chi connectivity index (χ1) is 10.5. The Morgan fingerprint density at radius 1 is 1.36 bits per heavy atom. The van der Waals surface area contributed by atoms with Gasteiger partial charge in [0.1, 0.15) is 0 Å². The van der Waals surface area contributed by atoms with E-state index in [-0.39, 0.29) is 11.8 Å². The fourth-order valence-corrected chi connectivity index (χ4v) is 2.97. The molecule has 1 aliphatic carbocycles.